The third kappa shape index (κ3) is 1.82. The van der Waals surface area contributed by atoms with Crippen LogP contribution in [0.1, 0.15) is 47.0 Å². The second kappa shape index (κ2) is 5.13. The number of likely N-dealkylation sites (N-methyl/N-ethyl adjacent to an activating group) is 1. The van der Waals surface area contributed by atoms with Crippen LogP contribution in [0.25, 0.3) is 0 Å². The molecule has 0 radical (unpaired) electrons. The fourth-order valence-electron chi connectivity index (χ4n) is 3.01. The maximum Gasteiger partial charge on any atom is 0.0756 e. The number of morpholine rings is 1. The van der Waals surface area contributed by atoms with E-state index in [9.17, 15) is 0 Å². The number of rotatable bonds is 4. The summed E-state index contributed by atoms with van der Waals surface area (Å²) in [5, 5.41) is 0. The molecule has 1 atom stereocenters. The Morgan fingerprint density at radius 3 is 2.29 bits per heavy atom. The molecular formula is C12H25NO. The van der Waals surface area contributed by atoms with Crippen LogP contribution in [-0.4, -0.2) is 36.2 Å². The molecular weight excluding hydrogens is 174 g/mol. The van der Waals surface area contributed by atoms with Gasteiger partial charge in [0, 0.05) is 12.1 Å². The Morgan fingerprint density at radius 2 is 1.86 bits per heavy atom. The molecule has 1 saturated heterocycles. The zero-order valence-electron chi connectivity index (χ0n) is 10.2. The molecule has 0 N–H and O–H groups in total. The molecule has 0 bridgehead atoms. The first-order valence-corrected chi connectivity index (χ1v) is 6.11. The van der Waals surface area contributed by atoms with Crippen molar-refractivity contribution in [2.75, 3.05) is 19.7 Å². The van der Waals surface area contributed by atoms with E-state index in [2.05, 4.69) is 32.6 Å². The summed E-state index contributed by atoms with van der Waals surface area (Å²) < 4.78 is 5.92. The van der Waals surface area contributed by atoms with Crippen molar-refractivity contribution in [3.63, 3.8) is 0 Å². The lowest BCUT2D eigenvalue weighted by Crippen LogP contribution is -2.61. The zero-order chi connectivity index (χ0) is 10.6. The zero-order valence-corrected chi connectivity index (χ0v) is 10.2. The maximum atomic E-state index is 5.92. The van der Waals surface area contributed by atoms with E-state index in [4.69, 9.17) is 4.74 Å². The highest BCUT2D eigenvalue weighted by atomic mass is 16.5. The Balaban J connectivity index is 2.86. The lowest BCUT2D eigenvalue weighted by Gasteiger charge is -2.51. The van der Waals surface area contributed by atoms with Crippen molar-refractivity contribution in [1.82, 2.24) is 4.90 Å². The molecule has 0 saturated carbocycles. The van der Waals surface area contributed by atoms with Gasteiger partial charge in [-0.1, -0.05) is 27.7 Å². The molecule has 2 nitrogen and oxygen atoms in total. The molecule has 0 aromatic heterocycles. The fourth-order valence-corrected chi connectivity index (χ4v) is 3.01. The standard InChI is InChI=1S/C12H25NO/c1-5-11-12(6-2,7-3)13(8-4)9-10-14-11/h11H,5-10H2,1-4H3. The maximum absolute atomic E-state index is 5.92. The summed E-state index contributed by atoms with van der Waals surface area (Å²) in [7, 11) is 0. The van der Waals surface area contributed by atoms with Crippen LogP contribution >= 0.6 is 0 Å². The molecule has 0 aliphatic carbocycles. The molecule has 1 unspecified atom stereocenters. The highest BCUT2D eigenvalue weighted by Crippen LogP contribution is 2.34. The van der Waals surface area contributed by atoms with Crippen LogP contribution < -0.4 is 0 Å². The van der Waals surface area contributed by atoms with E-state index in [0.717, 1.165) is 26.1 Å². The minimum atomic E-state index is 0.307. The molecule has 1 aliphatic rings. The number of hydrogen-bond donors (Lipinski definition) is 0. The van der Waals surface area contributed by atoms with Crippen molar-refractivity contribution in [2.45, 2.75) is 58.6 Å². The SMILES string of the molecule is CCC1OCCN(CC)C1(CC)CC. The van der Waals surface area contributed by atoms with Gasteiger partial charge in [-0.05, 0) is 25.8 Å². The van der Waals surface area contributed by atoms with Gasteiger partial charge in [-0.15, -0.1) is 0 Å². The third-order valence-corrected chi connectivity index (χ3v) is 3.89. The summed E-state index contributed by atoms with van der Waals surface area (Å²) >= 11 is 0. The van der Waals surface area contributed by atoms with Gasteiger partial charge in [0.1, 0.15) is 0 Å². The second-order valence-electron chi connectivity index (χ2n) is 4.16. The minimum absolute atomic E-state index is 0.307. The highest BCUT2D eigenvalue weighted by Gasteiger charge is 2.42. The van der Waals surface area contributed by atoms with E-state index in [0.29, 0.717) is 11.6 Å². The second-order valence-corrected chi connectivity index (χ2v) is 4.16. The normalized spacial score (nSPS) is 27.9. The molecule has 2 heteroatoms. The summed E-state index contributed by atoms with van der Waals surface area (Å²) in [6.45, 7) is 12.3. The summed E-state index contributed by atoms with van der Waals surface area (Å²) in [5.74, 6) is 0. The van der Waals surface area contributed by atoms with Crippen LogP contribution in [0.5, 0.6) is 0 Å². The van der Waals surface area contributed by atoms with Crippen molar-refractivity contribution in [3.8, 4) is 0 Å². The van der Waals surface area contributed by atoms with Gasteiger partial charge in [-0.3, -0.25) is 4.90 Å². The van der Waals surface area contributed by atoms with Crippen molar-refractivity contribution in [1.29, 1.82) is 0 Å². The van der Waals surface area contributed by atoms with Crippen LogP contribution in [0.3, 0.4) is 0 Å². The first-order chi connectivity index (χ1) is 6.75. The number of nitrogens with zero attached hydrogens (tertiary/aromatic N) is 1. The Kier molecular flexibility index (Phi) is 4.39. The largest absolute Gasteiger partial charge is 0.375 e. The average Bonchev–Trinajstić information content (AvgIpc) is 2.27. The summed E-state index contributed by atoms with van der Waals surface area (Å²) in [6, 6.07) is 0. The van der Waals surface area contributed by atoms with Crippen molar-refractivity contribution >= 4 is 0 Å². The van der Waals surface area contributed by atoms with Crippen molar-refractivity contribution in [2.24, 2.45) is 0 Å². The van der Waals surface area contributed by atoms with E-state index in [1.807, 2.05) is 0 Å². The lowest BCUT2D eigenvalue weighted by atomic mass is 9.82. The summed E-state index contributed by atoms with van der Waals surface area (Å²) in [5.41, 5.74) is 0.307. The van der Waals surface area contributed by atoms with Crippen LogP contribution in [-0.2, 0) is 4.74 Å². The number of ether oxygens (including phenoxy) is 1. The molecule has 0 amide bonds. The smallest absolute Gasteiger partial charge is 0.0756 e. The quantitative estimate of drug-likeness (QED) is 0.690. The Morgan fingerprint density at radius 1 is 1.21 bits per heavy atom. The van der Waals surface area contributed by atoms with Crippen molar-refractivity contribution in [3.05, 3.63) is 0 Å². The van der Waals surface area contributed by atoms with Gasteiger partial charge in [0.25, 0.3) is 0 Å². The van der Waals surface area contributed by atoms with Gasteiger partial charge in [0.05, 0.1) is 12.7 Å². The van der Waals surface area contributed by atoms with Crippen LogP contribution in [0.2, 0.25) is 0 Å². The Hall–Kier alpha value is -0.0800. The average molecular weight is 199 g/mol. The molecule has 0 aromatic carbocycles. The molecule has 1 heterocycles. The molecule has 1 fully saturated rings. The molecule has 1 aliphatic heterocycles. The molecule has 84 valence electrons. The summed E-state index contributed by atoms with van der Waals surface area (Å²) in [6.07, 6.45) is 3.98. The van der Waals surface area contributed by atoms with E-state index < -0.39 is 0 Å². The first kappa shape index (κ1) is 12.0. The van der Waals surface area contributed by atoms with Gasteiger partial charge in [0.15, 0.2) is 0 Å². The molecule has 14 heavy (non-hydrogen) atoms. The monoisotopic (exact) mass is 199 g/mol. The van der Waals surface area contributed by atoms with Crippen LogP contribution in [0, 0.1) is 0 Å². The van der Waals surface area contributed by atoms with E-state index in [1.54, 1.807) is 0 Å². The predicted octanol–water partition coefficient (Wildman–Crippen LogP) is 2.68. The van der Waals surface area contributed by atoms with E-state index in [-0.39, 0.29) is 0 Å². The highest BCUT2D eigenvalue weighted by molar-refractivity contribution is 4.97. The minimum Gasteiger partial charge on any atom is -0.375 e. The third-order valence-electron chi connectivity index (χ3n) is 3.89. The van der Waals surface area contributed by atoms with E-state index in [1.165, 1.54) is 12.8 Å². The Bertz CT molecular complexity index is 152. The first-order valence-electron chi connectivity index (χ1n) is 6.11. The van der Waals surface area contributed by atoms with Crippen LogP contribution in [0.15, 0.2) is 0 Å². The molecule has 0 aromatic rings. The number of hydrogen-bond acceptors (Lipinski definition) is 2. The van der Waals surface area contributed by atoms with Gasteiger partial charge in [0.2, 0.25) is 0 Å². The fraction of sp³-hybridized carbons (Fsp3) is 1.00. The van der Waals surface area contributed by atoms with Crippen LogP contribution in [0.4, 0.5) is 0 Å². The van der Waals surface area contributed by atoms with Gasteiger partial charge in [-0.25, -0.2) is 0 Å². The topological polar surface area (TPSA) is 12.5 Å². The molecule has 0 spiro atoms. The predicted molar refractivity (Wildman–Crippen MR) is 60.6 cm³/mol. The van der Waals surface area contributed by atoms with Gasteiger partial charge >= 0.3 is 0 Å². The van der Waals surface area contributed by atoms with Gasteiger partial charge in [-0.2, -0.15) is 0 Å². The molecule has 1 rings (SSSR count). The summed E-state index contributed by atoms with van der Waals surface area (Å²) in [4.78, 5) is 2.62. The van der Waals surface area contributed by atoms with Crippen molar-refractivity contribution < 1.29 is 4.74 Å². The lowest BCUT2D eigenvalue weighted by molar-refractivity contribution is -0.130. The Labute approximate surface area is 88.6 Å². The van der Waals surface area contributed by atoms with E-state index >= 15 is 0 Å². The van der Waals surface area contributed by atoms with Gasteiger partial charge < -0.3 is 4.74 Å².